The molecule has 6 heteroatoms. The van der Waals surface area contributed by atoms with Crippen molar-refractivity contribution in [2.45, 2.75) is 27.7 Å². The van der Waals surface area contributed by atoms with Gasteiger partial charge in [0.2, 0.25) is 0 Å². The molecule has 0 unspecified atom stereocenters. The van der Waals surface area contributed by atoms with Gasteiger partial charge in [-0.15, -0.1) is 0 Å². The van der Waals surface area contributed by atoms with Crippen LogP contribution in [0.4, 0.5) is 0 Å². The zero-order valence-electron chi connectivity index (χ0n) is 51.4. The molecular weight excluding hydrogens is 1120 g/mol. The second-order valence-electron chi connectivity index (χ2n) is 24.3. The zero-order chi connectivity index (χ0) is 62.0. The van der Waals surface area contributed by atoms with Crippen LogP contribution in [-0.2, 0) is 0 Å². The Morgan fingerprint density at radius 3 is 0.946 bits per heavy atom. The van der Waals surface area contributed by atoms with E-state index >= 15 is 0 Å². The van der Waals surface area contributed by atoms with Crippen LogP contribution in [0, 0.1) is 39.0 Å². The van der Waals surface area contributed by atoms with Gasteiger partial charge in [0.1, 0.15) is 0 Å². The first kappa shape index (κ1) is 55.3. The first-order valence-electron chi connectivity index (χ1n) is 31.3. The van der Waals surface area contributed by atoms with Gasteiger partial charge in [-0.05, 0) is 174 Å². The highest BCUT2D eigenvalue weighted by Crippen LogP contribution is 2.45. The maximum absolute atomic E-state index is 10.3. The first-order valence-corrected chi connectivity index (χ1v) is 31.3. The number of aryl methyl sites for hydroxylation is 4. The normalized spacial score (nSPS) is 11.5. The lowest BCUT2D eigenvalue weighted by Gasteiger charge is -2.19. The molecule has 3 heterocycles. The van der Waals surface area contributed by atoms with Crippen LogP contribution >= 0.6 is 0 Å². The van der Waals surface area contributed by atoms with Crippen molar-refractivity contribution in [3.05, 3.63) is 319 Å². The van der Waals surface area contributed by atoms with E-state index in [1.165, 1.54) is 44.5 Å². The molecule has 3 aromatic heterocycles. The van der Waals surface area contributed by atoms with Crippen molar-refractivity contribution >= 4 is 43.6 Å². The summed E-state index contributed by atoms with van der Waals surface area (Å²) < 4.78 is 4.85. The molecule has 0 N–H and O–H groups in total. The van der Waals surface area contributed by atoms with Gasteiger partial charge in [0.25, 0.3) is 0 Å². The number of nitrogens with zero attached hydrogens (tertiary/aromatic N) is 6. The second kappa shape index (κ2) is 22.8. The molecule has 16 rings (SSSR count). The van der Waals surface area contributed by atoms with Gasteiger partial charge in [0.05, 0.1) is 45.1 Å². The molecule has 0 atom stereocenters. The fraction of sp³-hybridized carbons (Fsp3) is 0.0465. The molecule has 13 aromatic carbocycles. The third kappa shape index (κ3) is 10.1. The topological polar surface area (TPSA) is 72.3 Å². The summed E-state index contributed by atoms with van der Waals surface area (Å²) in [6, 6.07) is 107. The van der Waals surface area contributed by atoms with Crippen molar-refractivity contribution in [1.29, 1.82) is 5.26 Å². The summed E-state index contributed by atoms with van der Waals surface area (Å²) in [5.41, 5.74) is 27.3. The van der Waals surface area contributed by atoms with Crippen LogP contribution in [0.25, 0.3) is 156 Å². The van der Waals surface area contributed by atoms with Gasteiger partial charge in [-0.2, -0.15) is 5.26 Å². The molecule has 0 spiro atoms. The Hall–Kier alpha value is -12.0. The van der Waals surface area contributed by atoms with E-state index in [9.17, 15) is 5.26 Å². The maximum atomic E-state index is 10.3. The minimum Gasteiger partial charge on any atom is -0.309 e. The lowest BCUT2D eigenvalue weighted by Crippen LogP contribution is -2.04. The number of fused-ring (bicyclic) bond motifs is 6. The van der Waals surface area contributed by atoms with Crippen LogP contribution in [0.3, 0.4) is 0 Å². The monoisotopic (exact) mass is 1180 g/mol. The van der Waals surface area contributed by atoms with Gasteiger partial charge < -0.3 is 9.13 Å². The Labute approximate surface area is 535 Å². The molecule has 0 bridgehead atoms. The smallest absolute Gasteiger partial charge is 0.166 e. The van der Waals surface area contributed by atoms with E-state index in [1.54, 1.807) is 0 Å². The molecule has 0 saturated carbocycles. The molecule has 0 amide bonds. The largest absolute Gasteiger partial charge is 0.309 e. The van der Waals surface area contributed by atoms with E-state index in [0.29, 0.717) is 23.0 Å². The Bertz CT molecular complexity index is 5380. The molecule has 6 nitrogen and oxygen atoms in total. The highest BCUT2D eigenvalue weighted by atomic mass is 15.1. The first-order chi connectivity index (χ1) is 45.1. The van der Waals surface area contributed by atoms with Crippen LogP contribution in [0.2, 0.25) is 0 Å². The van der Waals surface area contributed by atoms with Gasteiger partial charge in [-0.25, -0.2) is 15.0 Å². The lowest BCUT2D eigenvalue weighted by atomic mass is 9.94. The van der Waals surface area contributed by atoms with Crippen molar-refractivity contribution in [2.75, 3.05) is 0 Å². The highest BCUT2D eigenvalue weighted by Gasteiger charge is 2.25. The quantitative estimate of drug-likeness (QED) is 0.129. The van der Waals surface area contributed by atoms with Crippen LogP contribution in [0.5, 0.6) is 0 Å². The Morgan fingerprint density at radius 1 is 0.250 bits per heavy atom. The van der Waals surface area contributed by atoms with E-state index in [2.05, 4.69) is 279 Å². The van der Waals surface area contributed by atoms with Gasteiger partial charge in [-0.3, -0.25) is 0 Å². The van der Waals surface area contributed by atoms with Gasteiger partial charge in [-0.1, -0.05) is 229 Å². The highest BCUT2D eigenvalue weighted by molar-refractivity contribution is 6.14. The zero-order valence-corrected chi connectivity index (χ0v) is 51.4. The SMILES string of the molecule is Cc1cccc(-c2ccc3c(c2)c2cc(-c4cccc(C)c4)ccc2n3-c2ccc(-c3cccc(C#N)c3)cc2-c2ccc(-n3c4ccc(-c5cccc(C)c5)cc4c4cc(-c5cccc(C)c5)ccc43)c(-c3nc(-c4ccccc4)nc(-c4ccccc4)n3)c2)c1. The minimum absolute atomic E-state index is 0.529. The van der Waals surface area contributed by atoms with E-state index < -0.39 is 0 Å². The van der Waals surface area contributed by atoms with Crippen LogP contribution in [0.15, 0.2) is 291 Å². The van der Waals surface area contributed by atoms with Gasteiger partial charge in [0, 0.05) is 43.8 Å². The number of nitriles is 1. The molecule has 0 saturated heterocycles. The third-order valence-electron chi connectivity index (χ3n) is 18.0. The predicted molar refractivity (Wildman–Crippen MR) is 381 cm³/mol. The number of aromatic nitrogens is 5. The number of hydrogen-bond acceptors (Lipinski definition) is 4. The summed E-state index contributed by atoms with van der Waals surface area (Å²) in [6.45, 7) is 8.61. The van der Waals surface area contributed by atoms with Crippen molar-refractivity contribution in [2.24, 2.45) is 0 Å². The summed E-state index contributed by atoms with van der Waals surface area (Å²) in [6.07, 6.45) is 0. The van der Waals surface area contributed by atoms with Crippen molar-refractivity contribution in [1.82, 2.24) is 24.1 Å². The molecule has 0 aliphatic rings. The standard InChI is InChI=1S/C86H60N6/c1-54-16-11-25-61(42-54)67-31-37-79-73(48-67)74-49-68(62-26-12-17-55(2)43-62)32-38-80(74)91(79)78-36-30-66(65-29-15-20-58(46-65)53-87)47-72(78)71-35-41-83(77(52-71)86-89-84(59-21-7-5-8-22-59)88-85(90-86)60-23-9-6-10-24-60)92-81-39-33-69(63-27-13-18-56(3)44-63)50-75(81)76-51-70(34-40-82(76)92)64-28-14-19-57(4)45-64/h5-52H,1-4H3. The minimum atomic E-state index is 0.529. The fourth-order valence-electron chi connectivity index (χ4n) is 13.5. The predicted octanol–water partition coefficient (Wildman–Crippen LogP) is 22.2. The Kier molecular flexibility index (Phi) is 13.7. The average Bonchev–Trinajstić information content (AvgIpc) is 1.57. The summed E-state index contributed by atoms with van der Waals surface area (Å²) in [5.74, 6) is 1.67. The van der Waals surface area contributed by atoms with E-state index in [0.717, 1.165) is 116 Å². The summed E-state index contributed by atoms with van der Waals surface area (Å²) in [5, 5.41) is 14.8. The van der Waals surface area contributed by atoms with E-state index in [4.69, 9.17) is 15.0 Å². The lowest BCUT2D eigenvalue weighted by molar-refractivity contribution is 1.06. The molecule has 0 aliphatic heterocycles. The molecule has 16 aromatic rings. The van der Waals surface area contributed by atoms with Gasteiger partial charge >= 0.3 is 0 Å². The molecule has 0 radical (unpaired) electrons. The van der Waals surface area contributed by atoms with Crippen molar-refractivity contribution < 1.29 is 0 Å². The summed E-state index contributed by atoms with van der Waals surface area (Å²) in [4.78, 5) is 16.3. The number of rotatable bonds is 11. The molecular formula is C86H60N6. The number of benzene rings is 13. The molecule has 0 aliphatic carbocycles. The van der Waals surface area contributed by atoms with Crippen LogP contribution in [0.1, 0.15) is 27.8 Å². The molecule has 92 heavy (non-hydrogen) atoms. The van der Waals surface area contributed by atoms with Crippen LogP contribution in [-0.4, -0.2) is 24.1 Å². The van der Waals surface area contributed by atoms with Crippen molar-refractivity contribution in [3.63, 3.8) is 0 Å². The average molecular weight is 1180 g/mol. The second-order valence-corrected chi connectivity index (χ2v) is 24.3. The Morgan fingerprint density at radius 2 is 0.554 bits per heavy atom. The maximum Gasteiger partial charge on any atom is 0.166 e. The van der Waals surface area contributed by atoms with E-state index in [1.807, 2.05) is 54.6 Å². The van der Waals surface area contributed by atoms with Crippen LogP contribution < -0.4 is 0 Å². The Balaban J connectivity index is 0.998. The summed E-state index contributed by atoms with van der Waals surface area (Å²) >= 11 is 0. The fourth-order valence-corrected chi connectivity index (χ4v) is 13.5. The van der Waals surface area contributed by atoms with Gasteiger partial charge in [0.15, 0.2) is 17.5 Å². The summed E-state index contributed by atoms with van der Waals surface area (Å²) in [7, 11) is 0. The van der Waals surface area contributed by atoms with Crippen molar-refractivity contribution in [3.8, 4) is 118 Å². The number of hydrogen-bond donors (Lipinski definition) is 0. The molecule has 434 valence electrons. The third-order valence-corrected chi connectivity index (χ3v) is 18.0. The van der Waals surface area contributed by atoms with E-state index in [-0.39, 0.29) is 0 Å². The molecule has 0 fully saturated rings.